The number of carbonyl (C=O) groups is 1. The minimum absolute atomic E-state index is 0.0409. The van der Waals surface area contributed by atoms with E-state index in [1.54, 1.807) is 6.92 Å². The van der Waals surface area contributed by atoms with Gasteiger partial charge in [-0.25, -0.2) is 9.18 Å². The first-order valence-electron chi connectivity index (χ1n) is 6.45. The fourth-order valence-corrected chi connectivity index (χ4v) is 2.89. The average Bonchev–Trinajstić information content (AvgIpc) is 2.40. The summed E-state index contributed by atoms with van der Waals surface area (Å²) in [5.74, 6) is -2.07. The van der Waals surface area contributed by atoms with Crippen molar-refractivity contribution in [2.45, 2.75) is 25.8 Å². The molecule has 0 radical (unpaired) electrons. The highest BCUT2D eigenvalue weighted by Crippen LogP contribution is 2.37. The predicted molar refractivity (Wildman–Crippen MR) is 75.2 cm³/mol. The lowest BCUT2D eigenvalue weighted by Crippen LogP contribution is -2.49. The number of nitro benzene ring substituents is 1. The van der Waals surface area contributed by atoms with Gasteiger partial charge in [-0.2, -0.15) is 0 Å². The maximum Gasteiger partial charge on any atom is 0.326 e. The van der Waals surface area contributed by atoms with Gasteiger partial charge in [0.2, 0.25) is 0 Å². The van der Waals surface area contributed by atoms with Crippen molar-refractivity contribution in [3.8, 4) is 0 Å². The minimum Gasteiger partial charge on any atom is -0.480 e. The lowest BCUT2D eigenvalue weighted by atomic mass is 9.90. The molecule has 1 aromatic carbocycles. The summed E-state index contributed by atoms with van der Waals surface area (Å²) in [4.78, 5) is 23.3. The summed E-state index contributed by atoms with van der Waals surface area (Å²) in [5.41, 5.74) is -0.428. The Morgan fingerprint density at radius 2 is 2.24 bits per heavy atom. The maximum atomic E-state index is 13.7. The SMILES string of the molecule is CC1CCCN(c2cc(F)c(Cl)cc2[N+](=O)[O-])C1C(=O)O. The molecule has 0 spiro atoms. The van der Waals surface area contributed by atoms with Gasteiger partial charge in [-0.1, -0.05) is 18.5 Å². The van der Waals surface area contributed by atoms with Crippen LogP contribution in [0.5, 0.6) is 0 Å². The molecule has 0 bridgehead atoms. The van der Waals surface area contributed by atoms with Crippen molar-refractivity contribution in [3.05, 3.63) is 33.1 Å². The average molecular weight is 317 g/mol. The number of piperidine rings is 1. The third kappa shape index (κ3) is 2.92. The molecule has 0 aromatic heterocycles. The maximum absolute atomic E-state index is 13.7. The number of hydrogen-bond acceptors (Lipinski definition) is 4. The van der Waals surface area contributed by atoms with Crippen LogP contribution < -0.4 is 4.90 Å². The summed E-state index contributed by atoms with van der Waals surface area (Å²) in [6, 6.07) is 0.941. The van der Waals surface area contributed by atoms with Crippen molar-refractivity contribution in [2.24, 2.45) is 5.92 Å². The number of hydrogen-bond donors (Lipinski definition) is 1. The number of rotatable bonds is 3. The number of benzene rings is 1. The van der Waals surface area contributed by atoms with Crippen LogP contribution in [-0.2, 0) is 4.79 Å². The van der Waals surface area contributed by atoms with E-state index in [9.17, 15) is 24.4 Å². The Morgan fingerprint density at radius 3 is 2.81 bits per heavy atom. The van der Waals surface area contributed by atoms with Gasteiger partial charge < -0.3 is 10.0 Å². The Balaban J connectivity index is 2.55. The van der Waals surface area contributed by atoms with E-state index in [-0.39, 0.29) is 22.3 Å². The molecule has 1 aliphatic rings. The highest BCUT2D eigenvalue weighted by atomic mass is 35.5. The largest absolute Gasteiger partial charge is 0.480 e. The zero-order chi connectivity index (χ0) is 15.7. The molecule has 0 aliphatic carbocycles. The van der Waals surface area contributed by atoms with Crippen molar-refractivity contribution in [3.63, 3.8) is 0 Å². The van der Waals surface area contributed by atoms with Gasteiger partial charge in [-0.05, 0) is 18.8 Å². The molecule has 1 fully saturated rings. The summed E-state index contributed by atoms with van der Waals surface area (Å²) < 4.78 is 13.7. The molecule has 114 valence electrons. The molecular weight excluding hydrogens is 303 g/mol. The number of halogens is 2. The quantitative estimate of drug-likeness (QED) is 0.684. The lowest BCUT2D eigenvalue weighted by Gasteiger charge is -2.38. The van der Waals surface area contributed by atoms with Crippen LogP contribution in [-0.4, -0.2) is 28.6 Å². The molecule has 2 rings (SSSR count). The van der Waals surface area contributed by atoms with Crippen LogP contribution in [0.25, 0.3) is 0 Å². The fraction of sp³-hybridized carbons (Fsp3) is 0.462. The van der Waals surface area contributed by atoms with Crippen LogP contribution in [0.15, 0.2) is 12.1 Å². The van der Waals surface area contributed by atoms with Crippen LogP contribution in [0.3, 0.4) is 0 Å². The Labute approximate surface area is 125 Å². The second kappa shape index (κ2) is 5.85. The Kier molecular flexibility index (Phi) is 4.32. The minimum atomic E-state index is -1.08. The predicted octanol–water partition coefficient (Wildman–Crippen LogP) is 3.08. The Bertz CT molecular complexity index is 596. The standard InChI is InChI=1S/C13H14ClFN2O4/c1-7-3-2-4-16(12(7)13(18)19)10-6-9(15)8(14)5-11(10)17(20)21/h5-7,12H,2-4H2,1H3,(H,18,19). The molecule has 1 saturated heterocycles. The molecule has 6 nitrogen and oxygen atoms in total. The Morgan fingerprint density at radius 1 is 1.57 bits per heavy atom. The van der Waals surface area contributed by atoms with Gasteiger partial charge in [-0.3, -0.25) is 10.1 Å². The van der Waals surface area contributed by atoms with Gasteiger partial charge in [0.25, 0.3) is 5.69 Å². The number of aliphatic carboxylic acids is 1. The zero-order valence-corrected chi connectivity index (χ0v) is 12.0. The number of nitro groups is 1. The number of carboxylic acids is 1. The first-order chi connectivity index (χ1) is 9.82. The van der Waals surface area contributed by atoms with Gasteiger partial charge >= 0.3 is 5.97 Å². The monoisotopic (exact) mass is 316 g/mol. The van der Waals surface area contributed by atoms with Crippen molar-refractivity contribution in [2.75, 3.05) is 11.4 Å². The molecular formula is C13H14ClFN2O4. The van der Waals surface area contributed by atoms with Crippen molar-refractivity contribution in [1.82, 2.24) is 0 Å². The van der Waals surface area contributed by atoms with Gasteiger partial charge in [0, 0.05) is 18.7 Å². The van der Waals surface area contributed by atoms with Gasteiger partial charge in [0.1, 0.15) is 17.5 Å². The van der Waals surface area contributed by atoms with Crippen molar-refractivity contribution < 1.29 is 19.2 Å². The fourth-order valence-electron chi connectivity index (χ4n) is 2.74. The van der Waals surface area contributed by atoms with E-state index in [1.807, 2.05) is 0 Å². The highest BCUT2D eigenvalue weighted by Gasteiger charge is 2.37. The normalized spacial score (nSPS) is 22.1. The zero-order valence-electron chi connectivity index (χ0n) is 11.3. The van der Waals surface area contributed by atoms with E-state index in [0.29, 0.717) is 19.4 Å². The van der Waals surface area contributed by atoms with Crippen molar-refractivity contribution in [1.29, 1.82) is 0 Å². The Hall–Kier alpha value is -1.89. The van der Waals surface area contributed by atoms with Crippen LogP contribution in [0.1, 0.15) is 19.8 Å². The first kappa shape index (κ1) is 15.5. The van der Waals surface area contributed by atoms with Gasteiger partial charge in [-0.15, -0.1) is 0 Å². The summed E-state index contributed by atoms with van der Waals surface area (Å²) in [5, 5.41) is 20.1. The van der Waals surface area contributed by atoms with E-state index in [4.69, 9.17) is 11.6 Å². The van der Waals surface area contributed by atoms with E-state index in [0.717, 1.165) is 12.1 Å². The molecule has 0 amide bonds. The van der Waals surface area contributed by atoms with Crippen molar-refractivity contribution >= 4 is 28.9 Å². The third-order valence-electron chi connectivity index (χ3n) is 3.71. The summed E-state index contributed by atoms with van der Waals surface area (Å²) in [6.07, 6.45) is 1.39. The molecule has 1 N–H and O–H groups in total. The van der Waals surface area contributed by atoms with Gasteiger partial charge in [0.15, 0.2) is 0 Å². The second-order valence-corrected chi connectivity index (χ2v) is 5.52. The first-order valence-corrected chi connectivity index (χ1v) is 6.83. The second-order valence-electron chi connectivity index (χ2n) is 5.11. The summed E-state index contributed by atoms with van der Waals surface area (Å²) in [7, 11) is 0. The third-order valence-corrected chi connectivity index (χ3v) is 4.00. The molecule has 21 heavy (non-hydrogen) atoms. The van der Waals surface area contributed by atoms with Gasteiger partial charge in [0.05, 0.1) is 9.95 Å². The molecule has 2 atom stereocenters. The lowest BCUT2D eigenvalue weighted by molar-refractivity contribution is -0.384. The van der Waals surface area contributed by atoms with Crippen LogP contribution >= 0.6 is 11.6 Å². The molecule has 1 aromatic rings. The van der Waals surface area contributed by atoms with Crippen LogP contribution in [0.2, 0.25) is 5.02 Å². The van der Waals surface area contributed by atoms with E-state index >= 15 is 0 Å². The molecule has 2 unspecified atom stereocenters. The van der Waals surface area contributed by atoms with E-state index in [2.05, 4.69) is 0 Å². The molecule has 1 aliphatic heterocycles. The highest BCUT2D eigenvalue weighted by molar-refractivity contribution is 6.31. The summed E-state index contributed by atoms with van der Waals surface area (Å²) >= 11 is 5.58. The van der Waals surface area contributed by atoms with Crippen LogP contribution in [0.4, 0.5) is 15.8 Å². The molecule has 0 saturated carbocycles. The molecule has 8 heteroatoms. The smallest absolute Gasteiger partial charge is 0.326 e. The number of anilines is 1. The number of nitrogens with zero attached hydrogens (tertiary/aromatic N) is 2. The topological polar surface area (TPSA) is 83.7 Å². The number of carboxylic acid groups (broad SMARTS) is 1. The summed E-state index contributed by atoms with van der Waals surface area (Å²) in [6.45, 7) is 2.09. The van der Waals surface area contributed by atoms with Crippen LogP contribution in [0, 0.1) is 21.8 Å². The molecule has 1 heterocycles. The van der Waals surface area contributed by atoms with E-state index in [1.165, 1.54) is 4.90 Å². The van der Waals surface area contributed by atoms with E-state index < -0.39 is 22.8 Å².